The van der Waals surface area contributed by atoms with Gasteiger partial charge in [-0.05, 0) is 31.5 Å². The van der Waals surface area contributed by atoms with Gasteiger partial charge in [-0.1, -0.05) is 15.9 Å². The number of nitrogens with zero attached hydrogens (tertiary/aromatic N) is 1. The average molecular weight is 472 g/mol. The fourth-order valence-corrected chi connectivity index (χ4v) is 3.80. The number of nitro groups is 1. The van der Waals surface area contributed by atoms with Crippen LogP contribution in [0.5, 0.6) is 5.75 Å². The summed E-state index contributed by atoms with van der Waals surface area (Å²) in [4.78, 5) is 10.2. The molecule has 0 heterocycles. The van der Waals surface area contributed by atoms with Crippen LogP contribution in [0.15, 0.2) is 22.7 Å². The van der Waals surface area contributed by atoms with E-state index >= 15 is 0 Å². The molecule has 0 spiro atoms. The Kier molecular flexibility index (Phi) is 5.71. The Morgan fingerprint density at radius 2 is 1.57 bits per heavy atom. The van der Waals surface area contributed by atoms with Crippen molar-refractivity contribution in [3.05, 3.63) is 55.0 Å². The predicted molar refractivity (Wildman–Crippen MR) is 92.3 cm³/mol. The van der Waals surface area contributed by atoms with Crippen molar-refractivity contribution in [3.63, 3.8) is 0 Å². The van der Waals surface area contributed by atoms with Crippen LogP contribution in [0.2, 0.25) is 0 Å². The number of nitro benzene ring substituents is 1. The fourth-order valence-electron chi connectivity index (χ4n) is 2.96. The molecule has 152 valence electrons. The van der Waals surface area contributed by atoms with E-state index in [0.717, 1.165) is 0 Å². The SMILES string of the molecule is COc1c(C)cc(Br)c(-c2c([N+](=O)[O-])cc(C(F)(F)F)cc2C(F)(F)F)c1C. The third-order valence-electron chi connectivity index (χ3n) is 4.06. The van der Waals surface area contributed by atoms with E-state index in [4.69, 9.17) is 4.74 Å². The quantitative estimate of drug-likeness (QED) is 0.284. The summed E-state index contributed by atoms with van der Waals surface area (Å²) in [5, 5.41) is 11.4. The van der Waals surface area contributed by atoms with Crippen molar-refractivity contribution in [2.24, 2.45) is 0 Å². The summed E-state index contributed by atoms with van der Waals surface area (Å²) in [5.74, 6) is 0.167. The smallest absolute Gasteiger partial charge is 0.417 e. The third-order valence-corrected chi connectivity index (χ3v) is 4.68. The van der Waals surface area contributed by atoms with E-state index in [0.29, 0.717) is 5.56 Å². The van der Waals surface area contributed by atoms with Crippen LogP contribution in [0.1, 0.15) is 22.3 Å². The van der Waals surface area contributed by atoms with Crippen LogP contribution < -0.4 is 4.74 Å². The predicted octanol–water partition coefficient (Wildman–Crippen LogP) is 6.69. The molecule has 2 aromatic carbocycles. The zero-order valence-electron chi connectivity index (χ0n) is 14.5. The molecule has 28 heavy (non-hydrogen) atoms. The van der Waals surface area contributed by atoms with Crippen molar-refractivity contribution in [2.75, 3.05) is 7.11 Å². The molecule has 0 aliphatic rings. The number of hydrogen-bond donors (Lipinski definition) is 0. The van der Waals surface area contributed by atoms with E-state index < -0.39 is 39.7 Å². The van der Waals surface area contributed by atoms with Crippen molar-refractivity contribution >= 4 is 21.6 Å². The van der Waals surface area contributed by atoms with Gasteiger partial charge < -0.3 is 4.74 Å². The highest BCUT2D eigenvalue weighted by molar-refractivity contribution is 9.10. The van der Waals surface area contributed by atoms with Crippen LogP contribution in [0, 0.1) is 24.0 Å². The highest BCUT2D eigenvalue weighted by Crippen LogP contribution is 2.49. The molecular weight excluding hydrogens is 460 g/mol. The number of methoxy groups -OCH3 is 1. The molecule has 0 fully saturated rings. The van der Waals surface area contributed by atoms with E-state index in [9.17, 15) is 36.5 Å². The molecule has 0 aliphatic carbocycles. The van der Waals surface area contributed by atoms with Gasteiger partial charge in [0, 0.05) is 21.7 Å². The monoisotopic (exact) mass is 471 g/mol. The van der Waals surface area contributed by atoms with Crippen LogP contribution in [-0.2, 0) is 12.4 Å². The summed E-state index contributed by atoms with van der Waals surface area (Å²) in [7, 11) is 1.26. The first-order chi connectivity index (χ1) is 12.7. The largest absolute Gasteiger partial charge is 0.496 e. The molecule has 4 nitrogen and oxygen atoms in total. The first kappa shape index (κ1) is 22.0. The van der Waals surface area contributed by atoms with Crippen LogP contribution in [0.25, 0.3) is 11.1 Å². The molecule has 0 N–H and O–H groups in total. The molecule has 2 aromatic rings. The van der Waals surface area contributed by atoms with Gasteiger partial charge in [0.05, 0.1) is 28.7 Å². The highest BCUT2D eigenvalue weighted by atomic mass is 79.9. The second-order valence-corrected chi connectivity index (χ2v) is 6.73. The van der Waals surface area contributed by atoms with E-state index in [-0.39, 0.29) is 33.5 Å². The van der Waals surface area contributed by atoms with E-state index in [1.807, 2.05) is 0 Å². The Labute approximate surface area is 163 Å². The number of ether oxygens (including phenoxy) is 1. The number of hydrogen-bond acceptors (Lipinski definition) is 3. The van der Waals surface area contributed by atoms with Crippen molar-refractivity contribution < 1.29 is 36.0 Å². The second kappa shape index (κ2) is 7.26. The van der Waals surface area contributed by atoms with Gasteiger partial charge >= 0.3 is 12.4 Å². The summed E-state index contributed by atoms with van der Waals surface area (Å²) < 4.78 is 85.2. The van der Waals surface area contributed by atoms with Crippen molar-refractivity contribution in [1.82, 2.24) is 0 Å². The Morgan fingerprint density at radius 3 is 2.00 bits per heavy atom. The van der Waals surface area contributed by atoms with Gasteiger partial charge in [0.15, 0.2) is 0 Å². The molecular formula is C17H12BrF6NO3. The van der Waals surface area contributed by atoms with E-state index in [1.165, 1.54) is 20.1 Å². The summed E-state index contributed by atoms with van der Waals surface area (Å²) in [6.45, 7) is 2.97. The summed E-state index contributed by atoms with van der Waals surface area (Å²) in [6, 6.07) is 1.35. The molecule has 0 saturated heterocycles. The van der Waals surface area contributed by atoms with Crippen LogP contribution in [0.3, 0.4) is 0 Å². The lowest BCUT2D eigenvalue weighted by atomic mass is 9.90. The number of alkyl halides is 6. The molecule has 0 atom stereocenters. The second-order valence-electron chi connectivity index (χ2n) is 5.88. The van der Waals surface area contributed by atoms with Gasteiger partial charge in [-0.25, -0.2) is 0 Å². The molecule has 0 saturated carbocycles. The topological polar surface area (TPSA) is 52.4 Å². The molecule has 0 unspecified atom stereocenters. The summed E-state index contributed by atoms with van der Waals surface area (Å²) in [5.41, 5.74) is -5.42. The normalized spacial score (nSPS) is 12.2. The summed E-state index contributed by atoms with van der Waals surface area (Å²) >= 11 is 3.07. The molecule has 2 rings (SSSR count). The van der Waals surface area contributed by atoms with Crippen LogP contribution in [0.4, 0.5) is 32.0 Å². The molecule has 0 amide bonds. The maximum absolute atomic E-state index is 13.6. The Bertz CT molecular complexity index is 954. The number of benzene rings is 2. The number of rotatable bonds is 3. The maximum atomic E-state index is 13.6. The first-order valence-corrected chi connectivity index (χ1v) is 8.30. The zero-order valence-corrected chi connectivity index (χ0v) is 16.1. The number of aryl methyl sites for hydroxylation is 1. The Morgan fingerprint density at radius 1 is 1.00 bits per heavy atom. The van der Waals surface area contributed by atoms with Crippen molar-refractivity contribution in [3.8, 4) is 16.9 Å². The lowest BCUT2D eigenvalue weighted by Crippen LogP contribution is -2.14. The lowest BCUT2D eigenvalue weighted by molar-refractivity contribution is -0.384. The summed E-state index contributed by atoms with van der Waals surface area (Å²) in [6.07, 6.45) is -10.5. The van der Waals surface area contributed by atoms with Crippen LogP contribution in [-0.4, -0.2) is 12.0 Å². The molecule has 0 aromatic heterocycles. The van der Waals surface area contributed by atoms with Gasteiger partial charge in [-0.15, -0.1) is 0 Å². The lowest BCUT2D eigenvalue weighted by Gasteiger charge is -2.20. The first-order valence-electron chi connectivity index (χ1n) is 7.51. The minimum absolute atomic E-state index is 0.0525. The number of halogens is 7. The van der Waals surface area contributed by atoms with Gasteiger partial charge in [0.25, 0.3) is 5.69 Å². The zero-order chi connectivity index (χ0) is 21.6. The van der Waals surface area contributed by atoms with Crippen LogP contribution >= 0.6 is 15.9 Å². The standard InChI is InChI=1S/C17H12BrF6NO3/c1-7-4-11(18)13(8(2)15(7)28-3)14-10(17(22,23)24)5-9(16(19,20)21)6-12(14)25(26)27/h4-6H,1-3H3. The van der Waals surface area contributed by atoms with Crippen molar-refractivity contribution in [2.45, 2.75) is 26.2 Å². The molecule has 0 radical (unpaired) electrons. The fraction of sp³-hybridized carbons (Fsp3) is 0.294. The third kappa shape index (κ3) is 3.94. The Balaban J connectivity index is 3.10. The molecule has 0 aliphatic heterocycles. The maximum Gasteiger partial charge on any atom is 0.417 e. The highest BCUT2D eigenvalue weighted by Gasteiger charge is 2.43. The minimum Gasteiger partial charge on any atom is -0.496 e. The molecule has 11 heteroatoms. The van der Waals surface area contributed by atoms with Crippen molar-refractivity contribution in [1.29, 1.82) is 0 Å². The van der Waals surface area contributed by atoms with Gasteiger partial charge in [0.2, 0.25) is 0 Å². The molecule has 0 bridgehead atoms. The minimum atomic E-state index is -5.27. The van der Waals surface area contributed by atoms with Gasteiger partial charge in [0.1, 0.15) is 5.75 Å². The van der Waals surface area contributed by atoms with E-state index in [2.05, 4.69) is 15.9 Å². The Hall–Kier alpha value is -2.30. The van der Waals surface area contributed by atoms with E-state index in [1.54, 1.807) is 6.92 Å². The average Bonchev–Trinajstić information content (AvgIpc) is 2.52. The van der Waals surface area contributed by atoms with Gasteiger partial charge in [-0.2, -0.15) is 26.3 Å². The van der Waals surface area contributed by atoms with Gasteiger partial charge in [-0.3, -0.25) is 10.1 Å².